The summed E-state index contributed by atoms with van der Waals surface area (Å²) in [5.74, 6) is 0.797. The molecule has 0 radical (unpaired) electrons. The van der Waals surface area contributed by atoms with Gasteiger partial charge in [0.1, 0.15) is 0 Å². The monoisotopic (exact) mass is 405 g/mol. The predicted octanol–water partition coefficient (Wildman–Crippen LogP) is 4.37. The van der Waals surface area contributed by atoms with E-state index in [1.165, 1.54) is 37.7 Å². The van der Waals surface area contributed by atoms with E-state index >= 15 is 0 Å². The number of nitrogens with one attached hydrogen (secondary N) is 1. The standard InChI is InChI=1S/C24H39NO4/c1-16-8-9-19-23(2,18(16)11-13-25-14-21(26)27)12-10-20-24(19,3)15-28-22(29-20)17-6-4-5-7-17/h17-20,22,25H,1,4-15H2,2-3H3,(H,26,27)/t18-,19?,20-,22-,23+,24+/m1/s1. The zero-order chi connectivity index (χ0) is 20.6. The van der Waals surface area contributed by atoms with Gasteiger partial charge in [0, 0.05) is 11.3 Å². The molecule has 3 saturated carbocycles. The summed E-state index contributed by atoms with van der Waals surface area (Å²) in [5.41, 5.74) is 1.61. The van der Waals surface area contributed by atoms with E-state index in [0.29, 0.717) is 23.9 Å². The van der Waals surface area contributed by atoms with Crippen LogP contribution in [0.3, 0.4) is 0 Å². The van der Waals surface area contributed by atoms with Crippen molar-refractivity contribution in [3.8, 4) is 0 Å². The van der Waals surface area contributed by atoms with Gasteiger partial charge in [0.15, 0.2) is 6.29 Å². The van der Waals surface area contributed by atoms with Crippen molar-refractivity contribution < 1.29 is 19.4 Å². The van der Waals surface area contributed by atoms with E-state index in [9.17, 15) is 4.79 Å². The van der Waals surface area contributed by atoms with E-state index in [1.807, 2.05) is 0 Å². The molecular weight excluding hydrogens is 366 g/mol. The normalized spacial score (nSPS) is 43.0. The summed E-state index contributed by atoms with van der Waals surface area (Å²) in [7, 11) is 0. The fourth-order valence-corrected chi connectivity index (χ4v) is 7.30. The smallest absolute Gasteiger partial charge is 0.317 e. The Morgan fingerprint density at radius 1 is 1.21 bits per heavy atom. The summed E-state index contributed by atoms with van der Waals surface area (Å²) >= 11 is 0. The van der Waals surface area contributed by atoms with Gasteiger partial charge in [-0.3, -0.25) is 4.79 Å². The quantitative estimate of drug-likeness (QED) is 0.507. The summed E-state index contributed by atoms with van der Waals surface area (Å²) in [6, 6.07) is 0. The van der Waals surface area contributed by atoms with Crippen LogP contribution in [0.4, 0.5) is 0 Å². The van der Waals surface area contributed by atoms with Gasteiger partial charge in [-0.25, -0.2) is 0 Å². The van der Waals surface area contributed by atoms with Crippen LogP contribution < -0.4 is 5.32 Å². The van der Waals surface area contributed by atoms with Gasteiger partial charge in [-0.15, -0.1) is 0 Å². The number of aliphatic carboxylic acids is 1. The largest absolute Gasteiger partial charge is 0.480 e. The van der Waals surface area contributed by atoms with E-state index in [-0.39, 0.29) is 23.7 Å². The Morgan fingerprint density at radius 2 is 1.97 bits per heavy atom. The molecule has 0 bridgehead atoms. The van der Waals surface area contributed by atoms with E-state index in [2.05, 4.69) is 25.7 Å². The van der Waals surface area contributed by atoms with Crippen LogP contribution in [-0.4, -0.2) is 43.2 Å². The first-order valence-electron chi connectivity index (χ1n) is 11.7. The third kappa shape index (κ3) is 3.90. The van der Waals surface area contributed by atoms with Gasteiger partial charge in [0.25, 0.3) is 0 Å². The first-order valence-corrected chi connectivity index (χ1v) is 11.7. The van der Waals surface area contributed by atoms with Crippen molar-refractivity contribution in [2.24, 2.45) is 28.6 Å². The number of carboxylic acid groups (broad SMARTS) is 1. The van der Waals surface area contributed by atoms with Crippen LogP contribution in [0.25, 0.3) is 0 Å². The van der Waals surface area contributed by atoms with Crippen molar-refractivity contribution >= 4 is 5.97 Å². The second-order valence-corrected chi connectivity index (χ2v) is 10.6. The van der Waals surface area contributed by atoms with Gasteiger partial charge < -0.3 is 19.9 Å². The Labute approximate surface area is 175 Å². The molecule has 0 spiro atoms. The van der Waals surface area contributed by atoms with Gasteiger partial charge >= 0.3 is 5.97 Å². The van der Waals surface area contributed by atoms with Crippen molar-refractivity contribution in [1.82, 2.24) is 5.32 Å². The van der Waals surface area contributed by atoms with Crippen LogP contribution in [0, 0.1) is 28.6 Å². The van der Waals surface area contributed by atoms with Crippen LogP contribution in [-0.2, 0) is 14.3 Å². The lowest BCUT2D eigenvalue weighted by atomic mass is 9.46. The van der Waals surface area contributed by atoms with Crippen LogP contribution in [0.1, 0.15) is 71.6 Å². The third-order valence-electron chi connectivity index (χ3n) is 8.84. The molecule has 0 aromatic heterocycles. The molecule has 2 N–H and O–H groups in total. The first kappa shape index (κ1) is 21.3. The molecule has 29 heavy (non-hydrogen) atoms. The molecule has 3 aliphatic carbocycles. The van der Waals surface area contributed by atoms with E-state index in [1.54, 1.807) is 0 Å². The highest BCUT2D eigenvalue weighted by molar-refractivity contribution is 5.68. The van der Waals surface area contributed by atoms with Crippen molar-refractivity contribution in [3.05, 3.63) is 12.2 Å². The maximum Gasteiger partial charge on any atom is 0.317 e. The van der Waals surface area contributed by atoms with Crippen molar-refractivity contribution in [3.63, 3.8) is 0 Å². The first-order chi connectivity index (χ1) is 13.8. The van der Waals surface area contributed by atoms with E-state index in [0.717, 1.165) is 38.8 Å². The van der Waals surface area contributed by atoms with E-state index < -0.39 is 5.97 Å². The number of carbonyl (C=O) groups is 1. The zero-order valence-electron chi connectivity index (χ0n) is 18.3. The molecular formula is C24H39NO4. The third-order valence-corrected chi connectivity index (χ3v) is 8.84. The lowest BCUT2D eigenvalue weighted by molar-refractivity contribution is -0.316. The number of fused-ring (bicyclic) bond motifs is 3. The molecule has 1 heterocycles. The molecule has 0 aromatic rings. The number of carboxylic acids is 1. The van der Waals surface area contributed by atoms with Crippen molar-refractivity contribution in [1.29, 1.82) is 0 Å². The zero-order valence-corrected chi connectivity index (χ0v) is 18.3. The molecule has 4 fully saturated rings. The van der Waals surface area contributed by atoms with Gasteiger partial charge in [0.2, 0.25) is 0 Å². The van der Waals surface area contributed by atoms with Crippen LogP contribution >= 0.6 is 0 Å². The summed E-state index contributed by atoms with van der Waals surface area (Å²) in [5, 5.41) is 12.0. The van der Waals surface area contributed by atoms with Crippen LogP contribution in [0.5, 0.6) is 0 Å². The van der Waals surface area contributed by atoms with Crippen molar-refractivity contribution in [2.75, 3.05) is 19.7 Å². The highest BCUT2D eigenvalue weighted by Crippen LogP contribution is 2.63. The number of hydrogen-bond donors (Lipinski definition) is 2. The summed E-state index contributed by atoms with van der Waals surface area (Å²) < 4.78 is 13.0. The summed E-state index contributed by atoms with van der Waals surface area (Å²) in [6.45, 7) is 10.9. The molecule has 1 unspecified atom stereocenters. The maximum absolute atomic E-state index is 10.8. The molecule has 5 heteroatoms. The Morgan fingerprint density at radius 3 is 2.69 bits per heavy atom. The lowest BCUT2D eigenvalue weighted by Crippen LogP contribution is -2.62. The lowest BCUT2D eigenvalue weighted by Gasteiger charge is -2.63. The van der Waals surface area contributed by atoms with Gasteiger partial charge in [-0.05, 0) is 68.7 Å². The SMILES string of the molecule is C=C1CCC2[C@]3(C)CO[C@@H](C4CCCC4)O[C@@H]3CC[C@@]2(C)[C@@H]1CCNCC(=O)O. The van der Waals surface area contributed by atoms with Gasteiger partial charge in [-0.2, -0.15) is 0 Å². The van der Waals surface area contributed by atoms with Crippen molar-refractivity contribution in [2.45, 2.75) is 84.0 Å². The molecule has 164 valence electrons. The Hall–Kier alpha value is -0.910. The fourth-order valence-electron chi connectivity index (χ4n) is 7.30. The average molecular weight is 406 g/mol. The number of allylic oxidation sites excluding steroid dienone is 1. The summed E-state index contributed by atoms with van der Waals surface area (Å²) in [6.07, 6.45) is 10.9. The Balaban J connectivity index is 1.46. The molecule has 5 nitrogen and oxygen atoms in total. The molecule has 4 aliphatic rings. The number of hydrogen-bond acceptors (Lipinski definition) is 4. The van der Waals surface area contributed by atoms with Crippen LogP contribution in [0.2, 0.25) is 0 Å². The molecule has 0 aromatic carbocycles. The van der Waals surface area contributed by atoms with Gasteiger partial charge in [-0.1, -0.05) is 38.8 Å². The molecule has 0 amide bonds. The average Bonchev–Trinajstić information content (AvgIpc) is 3.20. The topological polar surface area (TPSA) is 67.8 Å². The minimum absolute atomic E-state index is 0.00880. The molecule has 1 aliphatic heterocycles. The maximum atomic E-state index is 10.8. The summed E-state index contributed by atoms with van der Waals surface area (Å²) in [4.78, 5) is 10.8. The molecule has 6 atom stereocenters. The Bertz CT molecular complexity index is 630. The van der Waals surface area contributed by atoms with Crippen LogP contribution in [0.15, 0.2) is 12.2 Å². The molecule has 4 rings (SSSR count). The fraction of sp³-hybridized carbons (Fsp3) is 0.875. The Kier molecular flexibility index (Phi) is 6.12. The highest BCUT2D eigenvalue weighted by Gasteiger charge is 2.60. The minimum Gasteiger partial charge on any atom is -0.480 e. The highest BCUT2D eigenvalue weighted by atomic mass is 16.7. The number of rotatable bonds is 6. The van der Waals surface area contributed by atoms with Gasteiger partial charge in [0.05, 0.1) is 19.3 Å². The van der Waals surface area contributed by atoms with E-state index in [4.69, 9.17) is 14.6 Å². The second-order valence-electron chi connectivity index (χ2n) is 10.6. The minimum atomic E-state index is -0.794. The second kappa shape index (κ2) is 8.32. The number of ether oxygens (including phenoxy) is 2. The predicted molar refractivity (Wildman–Crippen MR) is 112 cm³/mol. The molecule has 1 saturated heterocycles.